The summed E-state index contributed by atoms with van der Waals surface area (Å²) < 4.78 is 0. The minimum Gasteiger partial charge on any atom is -0.298 e. The fourth-order valence-corrected chi connectivity index (χ4v) is 1.35. The zero-order valence-electron chi connectivity index (χ0n) is 9.87. The maximum atomic E-state index is 11.8. The molecule has 0 radical (unpaired) electrons. The van der Waals surface area contributed by atoms with Crippen LogP contribution < -0.4 is 0 Å². The third-order valence-electron chi connectivity index (χ3n) is 2.66. The first-order chi connectivity index (χ1) is 6.40. The molecule has 0 rings (SSSR count). The Bertz CT molecular complexity index is 225. The Kier molecular flexibility index (Phi) is 5.45. The number of carbonyl (C=O) groups is 1. The molecule has 2 unspecified atom stereocenters. The van der Waals surface area contributed by atoms with Crippen LogP contribution in [0.25, 0.3) is 0 Å². The number of nitriles is 1. The maximum Gasteiger partial charge on any atom is 0.153 e. The molecule has 2 nitrogen and oxygen atoms in total. The Morgan fingerprint density at radius 3 is 2.00 bits per heavy atom. The molecule has 0 aliphatic rings. The van der Waals surface area contributed by atoms with Crippen molar-refractivity contribution in [1.29, 1.82) is 5.26 Å². The van der Waals surface area contributed by atoms with Crippen LogP contribution in [0.15, 0.2) is 0 Å². The summed E-state index contributed by atoms with van der Waals surface area (Å²) in [5, 5.41) is 8.91. The van der Waals surface area contributed by atoms with Gasteiger partial charge in [-0.2, -0.15) is 5.26 Å². The van der Waals surface area contributed by atoms with Gasteiger partial charge < -0.3 is 0 Å². The second kappa shape index (κ2) is 5.80. The molecule has 0 saturated carbocycles. The van der Waals surface area contributed by atoms with Gasteiger partial charge in [-0.1, -0.05) is 34.6 Å². The molecular formula is C12H21NO. The van der Waals surface area contributed by atoms with Gasteiger partial charge in [-0.25, -0.2) is 0 Å². The third kappa shape index (κ3) is 3.91. The van der Waals surface area contributed by atoms with Crippen LogP contribution in [0.5, 0.6) is 0 Å². The Balaban J connectivity index is 4.41. The molecule has 0 amide bonds. The quantitative estimate of drug-likeness (QED) is 0.676. The lowest BCUT2D eigenvalue weighted by Crippen LogP contribution is -2.25. The van der Waals surface area contributed by atoms with Crippen molar-refractivity contribution in [1.82, 2.24) is 0 Å². The zero-order chi connectivity index (χ0) is 11.3. The van der Waals surface area contributed by atoms with E-state index < -0.39 is 5.92 Å². The van der Waals surface area contributed by atoms with Gasteiger partial charge >= 0.3 is 0 Å². The van der Waals surface area contributed by atoms with E-state index >= 15 is 0 Å². The molecule has 80 valence electrons. The van der Waals surface area contributed by atoms with Crippen molar-refractivity contribution in [3.8, 4) is 6.07 Å². The highest BCUT2D eigenvalue weighted by Gasteiger charge is 2.26. The summed E-state index contributed by atoms with van der Waals surface area (Å²) in [6.07, 6.45) is 0.687. The Morgan fingerprint density at radius 1 is 1.21 bits per heavy atom. The van der Waals surface area contributed by atoms with Crippen molar-refractivity contribution < 1.29 is 4.79 Å². The van der Waals surface area contributed by atoms with Gasteiger partial charge in [-0.15, -0.1) is 0 Å². The lowest BCUT2D eigenvalue weighted by atomic mass is 9.83. The van der Waals surface area contributed by atoms with Crippen LogP contribution in [0.3, 0.4) is 0 Å². The van der Waals surface area contributed by atoms with Crippen LogP contribution in [0, 0.1) is 35.0 Å². The first-order valence-corrected chi connectivity index (χ1v) is 5.33. The van der Waals surface area contributed by atoms with Crippen LogP contribution in [-0.2, 0) is 4.79 Å². The average Bonchev–Trinajstić information content (AvgIpc) is 2.11. The second-order valence-electron chi connectivity index (χ2n) is 4.75. The number of rotatable bonds is 5. The molecule has 0 aromatic carbocycles. The van der Waals surface area contributed by atoms with Gasteiger partial charge in [-0.3, -0.25) is 4.79 Å². The van der Waals surface area contributed by atoms with Crippen molar-refractivity contribution in [3.63, 3.8) is 0 Å². The van der Waals surface area contributed by atoms with E-state index in [2.05, 4.69) is 6.07 Å². The molecule has 0 spiro atoms. The predicted octanol–water partition coefficient (Wildman–Crippen LogP) is 3.03. The molecule has 0 aromatic rings. The summed E-state index contributed by atoms with van der Waals surface area (Å²) in [4.78, 5) is 11.8. The highest BCUT2D eigenvalue weighted by molar-refractivity contribution is 5.85. The van der Waals surface area contributed by atoms with E-state index in [1.54, 1.807) is 0 Å². The number of hydrogen-bond donors (Lipinski definition) is 0. The SMILES string of the molecule is CC(C)CC(C#N)C(=O)C(C)C(C)C. The third-order valence-corrected chi connectivity index (χ3v) is 2.66. The minimum atomic E-state index is -0.410. The van der Waals surface area contributed by atoms with E-state index in [1.165, 1.54) is 0 Å². The van der Waals surface area contributed by atoms with Crippen molar-refractivity contribution >= 4 is 5.78 Å². The first-order valence-electron chi connectivity index (χ1n) is 5.33. The molecule has 0 aromatic heterocycles. The molecule has 14 heavy (non-hydrogen) atoms. The number of ketones is 1. The molecule has 0 bridgehead atoms. The van der Waals surface area contributed by atoms with Gasteiger partial charge in [-0.05, 0) is 18.3 Å². The normalized spacial score (nSPS) is 15.3. The van der Waals surface area contributed by atoms with Gasteiger partial charge in [0.2, 0.25) is 0 Å². The molecule has 0 aliphatic carbocycles. The number of nitrogens with zero attached hydrogens (tertiary/aromatic N) is 1. The van der Waals surface area contributed by atoms with Crippen molar-refractivity contribution in [2.45, 2.75) is 41.0 Å². The molecule has 2 heteroatoms. The highest BCUT2D eigenvalue weighted by atomic mass is 16.1. The van der Waals surface area contributed by atoms with Crippen molar-refractivity contribution in [3.05, 3.63) is 0 Å². The highest BCUT2D eigenvalue weighted by Crippen LogP contribution is 2.20. The van der Waals surface area contributed by atoms with E-state index in [0.29, 0.717) is 18.3 Å². The van der Waals surface area contributed by atoms with Crippen LogP contribution in [0.2, 0.25) is 0 Å². The topological polar surface area (TPSA) is 40.9 Å². The fourth-order valence-electron chi connectivity index (χ4n) is 1.35. The fraction of sp³-hybridized carbons (Fsp3) is 0.833. The second-order valence-corrected chi connectivity index (χ2v) is 4.75. The molecular weight excluding hydrogens is 174 g/mol. The number of hydrogen-bond acceptors (Lipinski definition) is 2. The molecule has 2 atom stereocenters. The molecule has 0 aliphatic heterocycles. The molecule has 0 saturated heterocycles. The van der Waals surface area contributed by atoms with E-state index in [0.717, 1.165) is 0 Å². The van der Waals surface area contributed by atoms with Crippen LogP contribution >= 0.6 is 0 Å². The summed E-state index contributed by atoms with van der Waals surface area (Å²) in [6, 6.07) is 2.12. The first kappa shape index (κ1) is 13.2. The summed E-state index contributed by atoms with van der Waals surface area (Å²) in [5.74, 6) is 0.426. The van der Waals surface area contributed by atoms with E-state index in [-0.39, 0.29) is 11.7 Å². The predicted molar refractivity (Wildman–Crippen MR) is 57.6 cm³/mol. The maximum absolute atomic E-state index is 11.8. The average molecular weight is 195 g/mol. The van der Waals surface area contributed by atoms with Gasteiger partial charge in [0.05, 0.1) is 6.07 Å². The Morgan fingerprint density at radius 2 is 1.71 bits per heavy atom. The lowest BCUT2D eigenvalue weighted by Gasteiger charge is -2.18. The summed E-state index contributed by atoms with van der Waals surface area (Å²) >= 11 is 0. The van der Waals surface area contributed by atoms with Crippen LogP contribution in [-0.4, -0.2) is 5.78 Å². The monoisotopic (exact) mass is 195 g/mol. The molecule has 0 N–H and O–H groups in total. The van der Waals surface area contributed by atoms with E-state index in [1.807, 2.05) is 34.6 Å². The Labute approximate surface area is 87.3 Å². The van der Waals surface area contributed by atoms with Gasteiger partial charge in [0, 0.05) is 5.92 Å². The largest absolute Gasteiger partial charge is 0.298 e. The summed E-state index contributed by atoms with van der Waals surface area (Å²) in [5.41, 5.74) is 0. The van der Waals surface area contributed by atoms with Gasteiger partial charge in [0.1, 0.15) is 5.92 Å². The summed E-state index contributed by atoms with van der Waals surface area (Å²) in [6.45, 7) is 10.0. The Hall–Kier alpha value is -0.840. The van der Waals surface area contributed by atoms with Crippen molar-refractivity contribution in [2.24, 2.45) is 23.7 Å². The number of carbonyl (C=O) groups excluding carboxylic acids is 1. The number of Topliss-reactive ketones (excluding diaryl/α,β-unsaturated/α-hetero) is 1. The van der Waals surface area contributed by atoms with Crippen LogP contribution in [0.1, 0.15) is 41.0 Å². The van der Waals surface area contributed by atoms with Crippen molar-refractivity contribution in [2.75, 3.05) is 0 Å². The zero-order valence-corrected chi connectivity index (χ0v) is 9.87. The standard InChI is InChI=1S/C12H21NO/c1-8(2)6-11(7-13)12(14)10(5)9(3)4/h8-11H,6H2,1-5H3. The van der Waals surface area contributed by atoms with Crippen LogP contribution in [0.4, 0.5) is 0 Å². The smallest absolute Gasteiger partial charge is 0.153 e. The summed E-state index contributed by atoms with van der Waals surface area (Å²) in [7, 11) is 0. The van der Waals surface area contributed by atoms with Gasteiger partial charge in [0.15, 0.2) is 5.78 Å². The molecule has 0 fully saturated rings. The van der Waals surface area contributed by atoms with E-state index in [4.69, 9.17) is 5.26 Å². The minimum absolute atomic E-state index is 0.00148. The van der Waals surface area contributed by atoms with E-state index in [9.17, 15) is 4.79 Å². The lowest BCUT2D eigenvalue weighted by molar-refractivity contribution is -0.126. The molecule has 0 heterocycles. The van der Waals surface area contributed by atoms with Gasteiger partial charge in [0.25, 0.3) is 0 Å².